The van der Waals surface area contributed by atoms with Crippen molar-refractivity contribution >= 4 is 27.2 Å². The summed E-state index contributed by atoms with van der Waals surface area (Å²) in [5, 5.41) is 0. The molecule has 110 valence electrons. The van der Waals surface area contributed by atoms with Crippen molar-refractivity contribution < 1.29 is 12.8 Å². The molecule has 0 amide bonds. The molecule has 1 aliphatic rings. The van der Waals surface area contributed by atoms with Crippen molar-refractivity contribution in [1.29, 1.82) is 0 Å². The zero-order chi connectivity index (χ0) is 15.1. The van der Waals surface area contributed by atoms with Crippen LogP contribution in [0.3, 0.4) is 0 Å². The minimum absolute atomic E-state index is 0.155. The van der Waals surface area contributed by atoms with E-state index in [1.807, 2.05) is 0 Å². The summed E-state index contributed by atoms with van der Waals surface area (Å²) in [5.41, 5.74) is 6.43. The van der Waals surface area contributed by atoms with Gasteiger partial charge in [0, 0.05) is 6.54 Å². The van der Waals surface area contributed by atoms with E-state index in [2.05, 4.69) is 0 Å². The maximum absolute atomic E-state index is 13.3. The van der Waals surface area contributed by atoms with Gasteiger partial charge in [-0.3, -0.25) is 0 Å². The summed E-state index contributed by atoms with van der Waals surface area (Å²) >= 11 is 4.95. The summed E-state index contributed by atoms with van der Waals surface area (Å²) in [6.07, 6.45) is 1.36. The number of halogens is 1. The molecular formula is C13H17FN2O2S2. The van der Waals surface area contributed by atoms with E-state index in [0.29, 0.717) is 24.1 Å². The molecule has 0 radical (unpaired) electrons. The maximum atomic E-state index is 13.3. The zero-order valence-electron chi connectivity index (χ0n) is 11.4. The number of sulfonamides is 1. The standard InChI is InChI=1S/C13H17FN2O2S2/c1-8-6-10(14)7-9(2)12(8)20(17,18)16-5-3-4-11(16)13(15)19/h6-7,11H,3-5H2,1-2H3,(H2,15,19). The molecule has 1 saturated heterocycles. The van der Waals surface area contributed by atoms with Crippen LogP contribution in [0.4, 0.5) is 4.39 Å². The van der Waals surface area contributed by atoms with Crippen molar-refractivity contribution in [3.05, 3.63) is 29.1 Å². The Labute approximate surface area is 123 Å². The minimum atomic E-state index is -3.71. The van der Waals surface area contributed by atoms with Crippen LogP contribution >= 0.6 is 12.2 Å². The number of aryl methyl sites for hydroxylation is 2. The van der Waals surface area contributed by atoms with Crippen LogP contribution in [0.15, 0.2) is 17.0 Å². The van der Waals surface area contributed by atoms with Gasteiger partial charge in [-0.25, -0.2) is 12.8 Å². The highest BCUT2D eigenvalue weighted by Crippen LogP contribution is 2.30. The molecule has 2 rings (SSSR count). The Morgan fingerprint density at radius 3 is 2.45 bits per heavy atom. The molecule has 0 aromatic heterocycles. The van der Waals surface area contributed by atoms with Crippen molar-refractivity contribution in [3.8, 4) is 0 Å². The highest BCUT2D eigenvalue weighted by Gasteiger charge is 2.38. The number of hydrogen-bond acceptors (Lipinski definition) is 3. The van der Waals surface area contributed by atoms with Gasteiger partial charge in [-0.15, -0.1) is 0 Å². The van der Waals surface area contributed by atoms with Gasteiger partial charge in [0.2, 0.25) is 10.0 Å². The van der Waals surface area contributed by atoms with E-state index in [4.69, 9.17) is 18.0 Å². The first-order valence-electron chi connectivity index (χ1n) is 6.33. The summed E-state index contributed by atoms with van der Waals surface area (Å²) in [4.78, 5) is 0.338. The first kappa shape index (κ1) is 15.3. The Bertz CT molecular complexity index is 635. The lowest BCUT2D eigenvalue weighted by Gasteiger charge is -2.25. The van der Waals surface area contributed by atoms with Crippen LogP contribution in [-0.4, -0.2) is 30.3 Å². The van der Waals surface area contributed by atoms with Crippen molar-refractivity contribution in [1.82, 2.24) is 4.31 Å². The average Bonchev–Trinajstić information content (AvgIpc) is 2.75. The van der Waals surface area contributed by atoms with Crippen LogP contribution in [0.1, 0.15) is 24.0 Å². The third-order valence-electron chi connectivity index (χ3n) is 3.52. The fraction of sp³-hybridized carbons (Fsp3) is 0.462. The van der Waals surface area contributed by atoms with E-state index in [0.717, 1.165) is 6.42 Å². The van der Waals surface area contributed by atoms with Gasteiger partial charge in [-0.1, -0.05) is 12.2 Å². The lowest BCUT2D eigenvalue weighted by molar-refractivity contribution is 0.445. The molecule has 1 fully saturated rings. The third kappa shape index (κ3) is 2.57. The summed E-state index contributed by atoms with van der Waals surface area (Å²) in [5.74, 6) is -0.439. The molecule has 20 heavy (non-hydrogen) atoms. The van der Waals surface area contributed by atoms with Gasteiger partial charge in [-0.05, 0) is 49.9 Å². The van der Waals surface area contributed by atoms with Crippen LogP contribution in [0.25, 0.3) is 0 Å². The second-order valence-electron chi connectivity index (χ2n) is 5.04. The number of thiocarbonyl (C=S) groups is 1. The lowest BCUT2D eigenvalue weighted by atomic mass is 10.1. The summed E-state index contributed by atoms with van der Waals surface area (Å²) in [6, 6.07) is 2.01. The molecule has 7 heteroatoms. The topological polar surface area (TPSA) is 63.4 Å². The molecule has 0 bridgehead atoms. The Hall–Kier alpha value is -1.05. The normalized spacial score (nSPS) is 20.2. The maximum Gasteiger partial charge on any atom is 0.244 e. The predicted octanol–water partition coefficient (Wildman–Crippen LogP) is 1.88. The van der Waals surface area contributed by atoms with E-state index in [-0.39, 0.29) is 9.88 Å². The fourth-order valence-corrected chi connectivity index (χ4v) is 5.14. The molecule has 1 unspecified atom stereocenters. The summed E-state index contributed by atoms with van der Waals surface area (Å²) in [6.45, 7) is 3.57. The van der Waals surface area contributed by atoms with E-state index >= 15 is 0 Å². The fourth-order valence-electron chi connectivity index (χ4n) is 2.73. The lowest BCUT2D eigenvalue weighted by Crippen LogP contribution is -2.43. The van der Waals surface area contributed by atoms with E-state index in [1.165, 1.54) is 16.4 Å². The van der Waals surface area contributed by atoms with Crippen LogP contribution in [-0.2, 0) is 10.0 Å². The van der Waals surface area contributed by atoms with Crippen LogP contribution in [0, 0.1) is 19.7 Å². The molecule has 1 atom stereocenters. The number of benzene rings is 1. The molecule has 1 heterocycles. The second kappa shape index (κ2) is 5.38. The first-order valence-corrected chi connectivity index (χ1v) is 8.18. The van der Waals surface area contributed by atoms with Crippen molar-refractivity contribution in [2.75, 3.05) is 6.54 Å². The quantitative estimate of drug-likeness (QED) is 0.865. The van der Waals surface area contributed by atoms with Crippen molar-refractivity contribution in [2.24, 2.45) is 5.73 Å². The Morgan fingerprint density at radius 1 is 1.40 bits per heavy atom. The molecule has 1 aromatic carbocycles. The largest absolute Gasteiger partial charge is 0.392 e. The number of nitrogens with two attached hydrogens (primary N) is 1. The molecule has 0 saturated carbocycles. The first-order chi connectivity index (χ1) is 9.25. The van der Waals surface area contributed by atoms with Crippen molar-refractivity contribution in [3.63, 3.8) is 0 Å². The molecule has 4 nitrogen and oxygen atoms in total. The molecule has 1 aliphatic heterocycles. The van der Waals surface area contributed by atoms with Gasteiger partial charge >= 0.3 is 0 Å². The molecule has 1 aromatic rings. The van der Waals surface area contributed by atoms with Gasteiger partial charge in [0.1, 0.15) is 5.82 Å². The molecular weight excluding hydrogens is 299 g/mol. The van der Waals surface area contributed by atoms with Gasteiger partial charge in [0.05, 0.1) is 15.9 Å². The Morgan fingerprint density at radius 2 is 1.95 bits per heavy atom. The van der Waals surface area contributed by atoms with E-state index < -0.39 is 21.9 Å². The number of rotatable bonds is 3. The third-order valence-corrected chi connectivity index (χ3v) is 6.01. The minimum Gasteiger partial charge on any atom is -0.392 e. The average molecular weight is 316 g/mol. The van der Waals surface area contributed by atoms with E-state index in [1.54, 1.807) is 13.8 Å². The number of nitrogens with zero attached hydrogens (tertiary/aromatic N) is 1. The van der Waals surface area contributed by atoms with Gasteiger partial charge in [-0.2, -0.15) is 4.31 Å². The van der Waals surface area contributed by atoms with E-state index in [9.17, 15) is 12.8 Å². The van der Waals surface area contributed by atoms with Crippen LogP contribution in [0.2, 0.25) is 0 Å². The summed E-state index contributed by atoms with van der Waals surface area (Å²) < 4.78 is 40.2. The number of hydrogen-bond donors (Lipinski definition) is 1. The van der Waals surface area contributed by atoms with Crippen LogP contribution in [0.5, 0.6) is 0 Å². The second-order valence-corrected chi connectivity index (χ2v) is 7.34. The van der Waals surface area contributed by atoms with Gasteiger partial charge < -0.3 is 5.73 Å². The SMILES string of the molecule is Cc1cc(F)cc(C)c1S(=O)(=O)N1CCCC1C(N)=S. The Balaban J connectivity index is 2.54. The van der Waals surface area contributed by atoms with Gasteiger partial charge in [0.25, 0.3) is 0 Å². The van der Waals surface area contributed by atoms with Gasteiger partial charge in [0.15, 0.2) is 0 Å². The predicted molar refractivity (Wildman–Crippen MR) is 79.6 cm³/mol. The molecule has 2 N–H and O–H groups in total. The van der Waals surface area contributed by atoms with Crippen LogP contribution < -0.4 is 5.73 Å². The Kier molecular flexibility index (Phi) is 4.13. The van der Waals surface area contributed by atoms with Crippen molar-refractivity contribution in [2.45, 2.75) is 37.6 Å². The smallest absolute Gasteiger partial charge is 0.244 e. The highest BCUT2D eigenvalue weighted by atomic mass is 32.2. The zero-order valence-corrected chi connectivity index (χ0v) is 13.0. The monoisotopic (exact) mass is 316 g/mol. The highest BCUT2D eigenvalue weighted by molar-refractivity contribution is 7.89. The molecule has 0 aliphatic carbocycles. The summed E-state index contributed by atoms with van der Waals surface area (Å²) in [7, 11) is -3.71. The molecule has 0 spiro atoms.